The molecule has 0 aliphatic heterocycles. The molecule has 0 fully saturated rings. The van der Waals surface area contributed by atoms with E-state index in [1.165, 1.54) is 18.5 Å². The van der Waals surface area contributed by atoms with Crippen molar-refractivity contribution in [3.05, 3.63) is 29.8 Å². The van der Waals surface area contributed by atoms with Crippen LogP contribution in [0.5, 0.6) is 0 Å². The summed E-state index contributed by atoms with van der Waals surface area (Å²) in [5, 5.41) is 18.1. The molecule has 0 saturated heterocycles. The molecule has 0 unspecified atom stereocenters. The summed E-state index contributed by atoms with van der Waals surface area (Å²) in [6.07, 6.45) is 2.54. The van der Waals surface area contributed by atoms with Crippen molar-refractivity contribution < 1.29 is 24.2 Å². The van der Waals surface area contributed by atoms with Gasteiger partial charge in [-0.15, -0.1) is 0 Å². The minimum Gasteiger partial charge on any atom is -0.477 e. The summed E-state index contributed by atoms with van der Waals surface area (Å²) >= 11 is 0. The number of pyridine rings is 1. The summed E-state index contributed by atoms with van der Waals surface area (Å²) < 4.78 is 4.92. The number of hydrogen-bond acceptors (Lipinski definition) is 4. The second-order valence-electron chi connectivity index (χ2n) is 2.80. The van der Waals surface area contributed by atoms with Gasteiger partial charge in [0.2, 0.25) is 0 Å². The summed E-state index contributed by atoms with van der Waals surface area (Å²) in [4.78, 5) is 25.2. The quantitative estimate of drug-likeness (QED) is 0.767. The molecular formula is C9H5NO5. The zero-order valence-electron chi connectivity index (χ0n) is 7.30. The van der Waals surface area contributed by atoms with Gasteiger partial charge >= 0.3 is 11.9 Å². The average Bonchev–Trinajstić information content (AvgIpc) is 2.62. The standard InChI is InChI=1S/C9H5NO5/c11-8(12)5-6(9(13)14)10-3-4-1-2-15-7(4)5/h1-3H,(H,11,12)(H,13,14). The normalized spacial score (nSPS) is 10.4. The van der Waals surface area contributed by atoms with E-state index in [-0.39, 0.29) is 5.58 Å². The van der Waals surface area contributed by atoms with E-state index in [0.717, 1.165) is 0 Å². The summed E-state index contributed by atoms with van der Waals surface area (Å²) in [5.41, 5.74) is -0.926. The van der Waals surface area contributed by atoms with E-state index in [4.69, 9.17) is 14.6 Å². The predicted octanol–water partition coefficient (Wildman–Crippen LogP) is 1.22. The number of carboxylic acids is 2. The van der Waals surface area contributed by atoms with Gasteiger partial charge in [0.15, 0.2) is 11.3 Å². The number of furan rings is 1. The van der Waals surface area contributed by atoms with Crippen LogP contribution in [0.15, 0.2) is 22.9 Å². The molecule has 15 heavy (non-hydrogen) atoms. The molecule has 0 spiro atoms. The molecule has 0 radical (unpaired) electrons. The molecule has 0 amide bonds. The van der Waals surface area contributed by atoms with Crippen LogP contribution < -0.4 is 0 Å². The first kappa shape index (κ1) is 9.20. The molecule has 76 valence electrons. The fraction of sp³-hybridized carbons (Fsp3) is 0. The molecule has 0 aliphatic carbocycles. The molecule has 2 aromatic rings. The number of hydrogen-bond donors (Lipinski definition) is 2. The molecule has 2 N–H and O–H groups in total. The van der Waals surface area contributed by atoms with E-state index in [1.807, 2.05) is 0 Å². The molecule has 0 saturated carbocycles. The van der Waals surface area contributed by atoms with Crippen LogP contribution in [0.1, 0.15) is 20.8 Å². The number of fused-ring (bicyclic) bond motifs is 1. The molecular weight excluding hydrogens is 202 g/mol. The zero-order valence-corrected chi connectivity index (χ0v) is 7.30. The third-order valence-electron chi connectivity index (χ3n) is 1.91. The lowest BCUT2D eigenvalue weighted by molar-refractivity contribution is 0.0647. The van der Waals surface area contributed by atoms with Gasteiger partial charge in [0, 0.05) is 11.6 Å². The highest BCUT2D eigenvalue weighted by molar-refractivity contribution is 6.08. The van der Waals surface area contributed by atoms with E-state index in [9.17, 15) is 9.59 Å². The van der Waals surface area contributed by atoms with Gasteiger partial charge in [0.1, 0.15) is 5.56 Å². The van der Waals surface area contributed by atoms with Crippen molar-refractivity contribution >= 4 is 22.9 Å². The van der Waals surface area contributed by atoms with Crippen molar-refractivity contribution in [3.8, 4) is 0 Å². The van der Waals surface area contributed by atoms with Gasteiger partial charge in [-0.25, -0.2) is 14.6 Å². The SMILES string of the molecule is O=C(O)c1ncc2ccoc2c1C(=O)O. The van der Waals surface area contributed by atoms with Gasteiger partial charge in [-0.1, -0.05) is 0 Å². The van der Waals surface area contributed by atoms with Gasteiger partial charge < -0.3 is 14.6 Å². The number of carboxylic acid groups (broad SMARTS) is 2. The molecule has 0 aliphatic rings. The molecule has 2 aromatic heterocycles. The predicted molar refractivity (Wildman–Crippen MR) is 47.9 cm³/mol. The third kappa shape index (κ3) is 1.32. The Morgan fingerprint density at radius 2 is 2.00 bits per heavy atom. The van der Waals surface area contributed by atoms with E-state index < -0.39 is 23.2 Å². The third-order valence-corrected chi connectivity index (χ3v) is 1.91. The first-order chi connectivity index (χ1) is 7.11. The fourth-order valence-corrected chi connectivity index (χ4v) is 1.29. The smallest absolute Gasteiger partial charge is 0.355 e. The van der Waals surface area contributed by atoms with Gasteiger partial charge in [-0.2, -0.15) is 0 Å². The maximum Gasteiger partial charge on any atom is 0.355 e. The van der Waals surface area contributed by atoms with E-state index in [0.29, 0.717) is 5.39 Å². The van der Waals surface area contributed by atoms with Crippen LogP contribution in [-0.2, 0) is 0 Å². The number of aromatic carboxylic acids is 2. The monoisotopic (exact) mass is 207 g/mol. The Labute approximate surface area is 82.8 Å². The maximum atomic E-state index is 10.9. The Bertz CT molecular complexity index is 557. The first-order valence-electron chi connectivity index (χ1n) is 3.94. The van der Waals surface area contributed by atoms with Gasteiger partial charge in [0.25, 0.3) is 0 Å². The topological polar surface area (TPSA) is 101 Å². The van der Waals surface area contributed by atoms with E-state index in [2.05, 4.69) is 4.98 Å². The zero-order chi connectivity index (χ0) is 11.0. The number of rotatable bonds is 2. The lowest BCUT2D eigenvalue weighted by Crippen LogP contribution is -2.10. The second-order valence-corrected chi connectivity index (χ2v) is 2.80. The van der Waals surface area contributed by atoms with Crippen molar-refractivity contribution in [1.29, 1.82) is 0 Å². The van der Waals surface area contributed by atoms with Gasteiger partial charge in [-0.05, 0) is 6.07 Å². The number of nitrogens with zero attached hydrogens (tertiary/aromatic N) is 1. The minimum atomic E-state index is -1.40. The summed E-state index contributed by atoms with van der Waals surface area (Å²) in [5.74, 6) is -2.77. The minimum absolute atomic E-state index is 0.0231. The van der Waals surface area contributed by atoms with Crippen molar-refractivity contribution in [3.63, 3.8) is 0 Å². The molecule has 0 aromatic carbocycles. The van der Waals surface area contributed by atoms with Crippen molar-refractivity contribution in [2.75, 3.05) is 0 Å². The van der Waals surface area contributed by atoms with Crippen LogP contribution in [0.2, 0.25) is 0 Å². The lowest BCUT2D eigenvalue weighted by atomic mass is 10.1. The number of aromatic nitrogens is 1. The summed E-state index contributed by atoms with van der Waals surface area (Å²) in [6, 6.07) is 1.51. The van der Waals surface area contributed by atoms with Crippen LogP contribution in [0, 0.1) is 0 Å². The Morgan fingerprint density at radius 1 is 1.27 bits per heavy atom. The van der Waals surface area contributed by atoms with E-state index >= 15 is 0 Å². The number of carbonyl (C=O) groups is 2. The fourth-order valence-electron chi connectivity index (χ4n) is 1.29. The summed E-state index contributed by atoms with van der Waals surface area (Å²) in [6.45, 7) is 0. The molecule has 0 bridgehead atoms. The Balaban J connectivity index is 2.87. The highest BCUT2D eigenvalue weighted by Gasteiger charge is 2.22. The first-order valence-corrected chi connectivity index (χ1v) is 3.94. The van der Waals surface area contributed by atoms with Crippen molar-refractivity contribution in [2.24, 2.45) is 0 Å². The highest BCUT2D eigenvalue weighted by Crippen LogP contribution is 2.21. The highest BCUT2D eigenvalue weighted by atomic mass is 16.4. The molecule has 0 atom stereocenters. The maximum absolute atomic E-state index is 10.9. The van der Waals surface area contributed by atoms with Crippen LogP contribution in [0.25, 0.3) is 11.0 Å². The van der Waals surface area contributed by atoms with Gasteiger partial charge in [-0.3, -0.25) is 0 Å². The van der Waals surface area contributed by atoms with Crippen LogP contribution in [0.4, 0.5) is 0 Å². The molecule has 2 heterocycles. The Hall–Kier alpha value is -2.37. The van der Waals surface area contributed by atoms with Crippen LogP contribution >= 0.6 is 0 Å². The second kappa shape index (κ2) is 3.09. The molecule has 2 rings (SSSR count). The summed E-state index contributed by atoms with van der Waals surface area (Å²) in [7, 11) is 0. The van der Waals surface area contributed by atoms with Crippen LogP contribution in [-0.4, -0.2) is 27.1 Å². The lowest BCUT2D eigenvalue weighted by Gasteiger charge is -2.00. The van der Waals surface area contributed by atoms with Crippen molar-refractivity contribution in [2.45, 2.75) is 0 Å². The Morgan fingerprint density at radius 3 is 2.60 bits per heavy atom. The van der Waals surface area contributed by atoms with Gasteiger partial charge in [0.05, 0.1) is 6.26 Å². The molecule has 6 heteroatoms. The van der Waals surface area contributed by atoms with Crippen LogP contribution in [0.3, 0.4) is 0 Å². The van der Waals surface area contributed by atoms with E-state index in [1.54, 1.807) is 0 Å². The van der Waals surface area contributed by atoms with Crippen molar-refractivity contribution in [1.82, 2.24) is 4.98 Å². The molecule has 6 nitrogen and oxygen atoms in total. The Kier molecular flexibility index (Phi) is 1.89. The largest absolute Gasteiger partial charge is 0.477 e. The average molecular weight is 207 g/mol.